The molecule has 5 nitrogen and oxygen atoms in total. The van der Waals surface area contributed by atoms with Gasteiger partial charge in [-0.3, -0.25) is 0 Å². The summed E-state index contributed by atoms with van der Waals surface area (Å²) in [5.41, 5.74) is 10.2. The second-order valence-corrected chi connectivity index (χ2v) is 6.34. The van der Waals surface area contributed by atoms with Crippen LogP contribution in [0.5, 0.6) is 0 Å². The summed E-state index contributed by atoms with van der Waals surface area (Å²) in [4.78, 5) is 4.63. The minimum absolute atomic E-state index is 0.509. The van der Waals surface area contributed by atoms with E-state index in [1.165, 1.54) is 0 Å². The van der Waals surface area contributed by atoms with Gasteiger partial charge in [0.15, 0.2) is 5.65 Å². The Morgan fingerprint density at radius 3 is 2.65 bits per heavy atom. The number of benzene rings is 2. The van der Waals surface area contributed by atoms with Gasteiger partial charge < -0.3 is 11.1 Å². The summed E-state index contributed by atoms with van der Waals surface area (Å²) >= 11 is 6.34. The van der Waals surface area contributed by atoms with Crippen molar-refractivity contribution in [3.05, 3.63) is 71.4 Å². The summed E-state index contributed by atoms with van der Waals surface area (Å²) in [6.45, 7) is 0.612. The monoisotopic (exact) mass is 359 g/mol. The molecule has 0 aliphatic rings. The summed E-state index contributed by atoms with van der Waals surface area (Å²) in [6, 6.07) is 17.2. The Labute approximate surface area is 157 Å². The van der Waals surface area contributed by atoms with Crippen molar-refractivity contribution in [2.45, 2.75) is 6.54 Å². The lowest BCUT2D eigenvalue weighted by molar-refractivity contribution is 0.927. The lowest BCUT2D eigenvalue weighted by Crippen LogP contribution is -2.09. The van der Waals surface area contributed by atoms with Gasteiger partial charge in [0.25, 0.3) is 0 Å². The zero-order valence-electron chi connectivity index (χ0n) is 13.9. The predicted molar refractivity (Wildman–Crippen MR) is 107 cm³/mol. The van der Waals surface area contributed by atoms with Gasteiger partial charge in [-0.15, -0.1) is 0 Å². The smallest absolute Gasteiger partial charge is 0.150 e. The van der Waals surface area contributed by atoms with Crippen molar-refractivity contribution in [1.29, 1.82) is 0 Å². The van der Waals surface area contributed by atoms with Crippen LogP contribution in [0.25, 0.3) is 16.9 Å². The van der Waals surface area contributed by atoms with Gasteiger partial charge in [-0.05, 0) is 29.2 Å². The van der Waals surface area contributed by atoms with Crippen LogP contribution >= 0.6 is 11.6 Å². The highest BCUT2D eigenvalue weighted by molar-refractivity contribution is 6.36. The third-order valence-electron chi connectivity index (χ3n) is 4.10. The molecule has 0 unspecified atom stereocenters. The number of halogens is 1. The second-order valence-electron chi connectivity index (χ2n) is 5.94. The molecule has 26 heavy (non-hydrogen) atoms. The van der Waals surface area contributed by atoms with Crippen LogP contribution in [0.2, 0.25) is 5.02 Å². The molecule has 126 valence electrons. The van der Waals surface area contributed by atoms with E-state index in [0.29, 0.717) is 22.7 Å². The van der Waals surface area contributed by atoms with Gasteiger partial charge >= 0.3 is 0 Å². The van der Waals surface area contributed by atoms with Crippen molar-refractivity contribution in [3.8, 4) is 11.3 Å². The number of hydrogen-bond donors (Lipinski definition) is 2. The first-order valence-corrected chi connectivity index (χ1v) is 8.47. The molecule has 0 atom stereocenters. The number of aromatic nitrogens is 3. The van der Waals surface area contributed by atoms with E-state index in [1.54, 1.807) is 10.7 Å². The fourth-order valence-electron chi connectivity index (χ4n) is 2.74. The average molecular weight is 360 g/mol. The van der Waals surface area contributed by atoms with Gasteiger partial charge in [-0.1, -0.05) is 41.9 Å². The SMILES string of the molecule is [B]c1cnn2c(NCc3ccc(N)cc3)cc(-c3ccccc3Cl)nc12. The molecule has 4 rings (SSSR count). The molecule has 0 saturated carbocycles. The number of rotatable bonds is 4. The lowest BCUT2D eigenvalue weighted by Gasteiger charge is -2.12. The number of anilines is 2. The van der Waals surface area contributed by atoms with Crippen LogP contribution in [0.1, 0.15) is 5.56 Å². The van der Waals surface area contributed by atoms with Crippen LogP contribution < -0.4 is 16.5 Å². The third-order valence-corrected chi connectivity index (χ3v) is 4.43. The molecule has 2 aromatic heterocycles. The predicted octanol–water partition coefficient (Wildman–Crippen LogP) is 3.04. The van der Waals surface area contributed by atoms with Gasteiger partial charge in [-0.2, -0.15) is 9.61 Å². The number of nitrogens with two attached hydrogens (primary N) is 1. The van der Waals surface area contributed by atoms with Crippen LogP contribution in [-0.4, -0.2) is 22.4 Å². The maximum atomic E-state index is 6.34. The maximum Gasteiger partial charge on any atom is 0.150 e. The molecule has 0 amide bonds. The minimum Gasteiger partial charge on any atom is -0.399 e. The normalized spacial score (nSPS) is 11.0. The number of nitrogen functional groups attached to an aromatic ring is 1. The van der Waals surface area contributed by atoms with E-state index in [2.05, 4.69) is 15.4 Å². The Kier molecular flexibility index (Phi) is 4.26. The Morgan fingerprint density at radius 2 is 1.88 bits per heavy atom. The van der Waals surface area contributed by atoms with Gasteiger partial charge in [0.1, 0.15) is 13.7 Å². The largest absolute Gasteiger partial charge is 0.399 e. The minimum atomic E-state index is 0.509. The van der Waals surface area contributed by atoms with Gasteiger partial charge in [0.05, 0.1) is 5.69 Å². The Morgan fingerprint density at radius 1 is 1.12 bits per heavy atom. The molecule has 2 radical (unpaired) electrons. The van der Waals surface area contributed by atoms with Crippen LogP contribution in [0.15, 0.2) is 60.8 Å². The maximum absolute atomic E-state index is 6.34. The summed E-state index contributed by atoms with van der Waals surface area (Å²) in [7, 11) is 6.03. The number of nitrogens with zero attached hydrogens (tertiary/aromatic N) is 3. The van der Waals surface area contributed by atoms with Crippen LogP contribution in [-0.2, 0) is 6.54 Å². The van der Waals surface area contributed by atoms with Crippen molar-refractivity contribution in [1.82, 2.24) is 14.6 Å². The summed E-state index contributed by atoms with van der Waals surface area (Å²) in [5.74, 6) is 0.776. The molecule has 0 bridgehead atoms. The molecule has 0 fully saturated rings. The highest BCUT2D eigenvalue weighted by Crippen LogP contribution is 2.28. The molecule has 2 aromatic carbocycles. The van der Waals surface area contributed by atoms with E-state index in [0.717, 1.165) is 28.3 Å². The summed E-state index contributed by atoms with van der Waals surface area (Å²) in [6.07, 6.45) is 1.59. The van der Waals surface area contributed by atoms with Gasteiger partial charge in [0, 0.05) is 35.1 Å². The van der Waals surface area contributed by atoms with Crippen molar-refractivity contribution in [3.63, 3.8) is 0 Å². The van der Waals surface area contributed by atoms with Gasteiger partial charge in [0.2, 0.25) is 0 Å². The molecule has 4 aromatic rings. The highest BCUT2D eigenvalue weighted by Gasteiger charge is 2.12. The van der Waals surface area contributed by atoms with E-state index in [-0.39, 0.29) is 0 Å². The molecular formula is C19H15BClN5. The fourth-order valence-corrected chi connectivity index (χ4v) is 2.97. The van der Waals surface area contributed by atoms with Crippen molar-refractivity contribution >= 4 is 42.1 Å². The molecule has 0 saturated heterocycles. The molecule has 0 aliphatic carbocycles. The fraction of sp³-hybridized carbons (Fsp3) is 0.0526. The van der Waals surface area contributed by atoms with Crippen LogP contribution in [0.4, 0.5) is 11.5 Å². The first-order valence-electron chi connectivity index (χ1n) is 8.09. The van der Waals surface area contributed by atoms with E-state index >= 15 is 0 Å². The molecule has 3 N–H and O–H groups in total. The standard InChI is InChI=1S/C19H15BClN5/c20-15-11-24-26-18(23-10-12-5-7-13(22)8-6-12)9-17(25-19(15)26)14-3-1-2-4-16(14)21/h1-9,11,23H,10,22H2. The van der Waals surface area contributed by atoms with Crippen molar-refractivity contribution in [2.75, 3.05) is 11.1 Å². The molecule has 0 aliphatic heterocycles. The number of nitrogens with one attached hydrogen (secondary N) is 1. The van der Waals surface area contributed by atoms with Crippen LogP contribution in [0, 0.1) is 0 Å². The summed E-state index contributed by atoms with van der Waals surface area (Å²) < 4.78 is 1.69. The lowest BCUT2D eigenvalue weighted by atomic mass is 10.0. The molecule has 2 heterocycles. The first-order chi connectivity index (χ1) is 12.6. The second kappa shape index (κ2) is 6.73. The first kappa shape index (κ1) is 16.5. The van der Waals surface area contributed by atoms with E-state index in [9.17, 15) is 0 Å². The van der Waals surface area contributed by atoms with E-state index < -0.39 is 0 Å². The van der Waals surface area contributed by atoms with E-state index in [4.69, 9.17) is 25.2 Å². The van der Waals surface area contributed by atoms with Gasteiger partial charge in [-0.25, -0.2) is 4.98 Å². The van der Waals surface area contributed by atoms with Crippen molar-refractivity contribution in [2.24, 2.45) is 0 Å². The quantitative estimate of drug-likeness (QED) is 0.434. The zero-order valence-corrected chi connectivity index (χ0v) is 14.6. The molecule has 0 spiro atoms. The Balaban J connectivity index is 1.75. The Hall–Kier alpha value is -2.99. The topological polar surface area (TPSA) is 68.2 Å². The molecular weight excluding hydrogens is 345 g/mol. The number of hydrogen-bond acceptors (Lipinski definition) is 4. The van der Waals surface area contributed by atoms with E-state index in [1.807, 2.05) is 54.6 Å². The Bertz CT molecular complexity index is 1080. The third kappa shape index (κ3) is 3.11. The highest BCUT2D eigenvalue weighted by atomic mass is 35.5. The van der Waals surface area contributed by atoms with Crippen LogP contribution in [0.3, 0.4) is 0 Å². The van der Waals surface area contributed by atoms with Crippen molar-refractivity contribution < 1.29 is 0 Å². The summed E-state index contributed by atoms with van der Waals surface area (Å²) in [5, 5.41) is 8.33. The average Bonchev–Trinajstić information content (AvgIpc) is 3.02. The zero-order chi connectivity index (χ0) is 18.1. The molecule has 7 heteroatoms. The number of fused-ring (bicyclic) bond motifs is 1.